The van der Waals surface area contributed by atoms with Gasteiger partial charge in [-0.05, 0) is 80.1 Å². The summed E-state index contributed by atoms with van der Waals surface area (Å²) in [5.41, 5.74) is 4.61. The lowest BCUT2D eigenvalue weighted by molar-refractivity contribution is -0.116. The molecule has 1 aliphatic carbocycles. The standard InChI is InChI=1S/C29H34FN5O2/c1-4-26(36)31-12-13-32-28-23-15-24(30)22(21-9-5-7-19-11-10-18(2)27(19)21)16-25(23)33-29(34-28)37-17-20-8-6-14-35(20)3/h4-5,7,9,15-16,18,20H,1,6,8,10-14,17H2,2-3H3,(H,31,36)(H,32,33,34)/t18?,20-/m0/s1. The molecule has 0 radical (unpaired) electrons. The maximum absolute atomic E-state index is 15.6. The Labute approximate surface area is 217 Å². The number of aromatic nitrogens is 2. The van der Waals surface area contributed by atoms with Gasteiger partial charge in [0, 0.05) is 30.1 Å². The van der Waals surface area contributed by atoms with Gasteiger partial charge < -0.3 is 20.3 Å². The number of carbonyl (C=O) groups is 1. The van der Waals surface area contributed by atoms with E-state index in [0.29, 0.717) is 53.9 Å². The molecule has 0 saturated carbocycles. The molecule has 1 unspecified atom stereocenters. The molecule has 8 heteroatoms. The maximum atomic E-state index is 15.6. The van der Waals surface area contributed by atoms with E-state index >= 15 is 4.39 Å². The quantitative estimate of drug-likeness (QED) is 0.326. The second-order valence-electron chi connectivity index (χ2n) is 10.0. The third-order valence-corrected chi connectivity index (χ3v) is 7.57. The minimum atomic E-state index is -0.312. The minimum Gasteiger partial charge on any atom is -0.462 e. The number of aryl methyl sites for hydroxylation is 1. The van der Waals surface area contributed by atoms with E-state index in [1.807, 2.05) is 18.2 Å². The fraction of sp³-hybridized carbons (Fsp3) is 0.414. The number of nitrogens with zero attached hydrogens (tertiary/aromatic N) is 3. The lowest BCUT2D eigenvalue weighted by Crippen LogP contribution is -2.31. The van der Waals surface area contributed by atoms with Crippen LogP contribution in [0.25, 0.3) is 22.0 Å². The Kier molecular flexibility index (Phi) is 7.37. The van der Waals surface area contributed by atoms with Gasteiger partial charge in [-0.25, -0.2) is 4.39 Å². The number of likely N-dealkylation sites (tertiary alicyclic amines) is 1. The van der Waals surface area contributed by atoms with E-state index in [-0.39, 0.29) is 17.7 Å². The van der Waals surface area contributed by atoms with Crippen LogP contribution in [0.1, 0.15) is 43.2 Å². The number of likely N-dealkylation sites (N-methyl/N-ethyl adjacent to an activating group) is 1. The Bertz CT molecular complexity index is 1330. The SMILES string of the molecule is C=CC(=O)NCCNc1nc(OC[C@@H]2CCCN2C)nc2cc(-c3cccc4c3C(C)CC4)c(F)cc12. The van der Waals surface area contributed by atoms with Crippen molar-refractivity contribution in [1.82, 2.24) is 20.2 Å². The molecule has 37 heavy (non-hydrogen) atoms. The highest BCUT2D eigenvalue weighted by atomic mass is 19.1. The van der Waals surface area contributed by atoms with Crippen molar-refractivity contribution in [3.05, 3.63) is 59.9 Å². The smallest absolute Gasteiger partial charge is 0.318 e. The first-order valence-corrected chi connectivity index (χ1v) is 13.0. The predicted octanol–water partition coefficient (Wildman–Crippen LogP) is 4.67. The van der Waals surface area contributed by atoms with E-state index in [4.69, 9.17) is 4.74 Å². The summed E-state index contributed by atoms with van der Waals surface area (Å²) in [5, 5.41) is 6.52. The number of hydrogen-bond donors (Lipinski definition) is 2. The van der Waals surface area contributed by atoms with Crippen LogP contribution in [-0.2, 0) is 11.2 Å². The Balaban J connectivity index is 1.50. The molecule has 1 saturated heterocycles. The fourth-order valence-corrected chi connectivity index (χ4v) is 5.50. The van der Waals surface area contributed by atoms with E-state index < -0.39 is 0 Å². The zero-order valence-electron chi connectivity index (χ0n) is 21.5. The van der Waals surface area contributed by atoms with Gasteiger partial charge in [0.05, 0.1) is 5.52 Å². The predicted molar refractivity (Wildman–Crippen MR) is 145 cm³/mol. The first-order chi connectivity index (χ1) is 17.9. The normalized spacial score (nSPS) is 19.1. The van der Waals surface area contributed by atoms with Gasteiger partial charge in [0.1, 0.15) is 18.2 Å². The van der Waals surface area contributed by atoms with Gasteiger partial charge in [-0.2, -0.15) is 9.97 Å². The summed E-state index contributed by atoms with van der Waals surface area (Å²) in [4.78, 5) is 23.0. The van der Waals surface area contributed by atoms with Crippen molar-refractivity contribution < 1.29 is 13.9 Å². The second kappa shape index (κ2) is 10.8. The van der Waals surface area contributed by atoms with Gasteiger partial charge in [0.25, 0.3) is 0 Å². The average Bonchev–Trinajstić information content (AvgIpc) is 3.49. The summed E-state index contributed by atoms with van der Waals surface area (Å²) in [7, 11) is 2.10. The first kappa shape index (κ1) is 25.1. The van der Waals surface area contributed by atoms with Crippen LogP contribution in [0.5, 0.6) is 6.01 Å². The lowest BCUT2D eigenvalue weighted by Gasteiger charge is -2.19. The fourth-order valence-electron chi connectivity index (χ4n) is 5.50. The zero-order valence-corrected chi connectivity index (χ0v) is 21.5. The number of fused-ring (bicyclic) bond motifs is 2. The Morgan fingerprint density at radius 2 is 2.11 bits per heavy atom. The van der Waals surface area contributed by atoms with Crippen molar-refractivity contribution in [2.24, 2.45) is 0 Å². The van der Waals surface area contributed by atoms with Crippen LogP contribution >= 0.6 is 0 Å². The van der Waals surface area contributed by atoms with Crippen LogP contribution in [0.3, 0.4) is 0 Å². The molecule has 2 aliphatic rings. The van der Waals surface area contributed by atoms with Crippen molar-refractivity contribution in [3.63, 3.8) is 0 Å². The molecule has 1 fully saturated rings. The number of nitrogens with one attached hydrogen (secondary N) is 2. The number of ether oxygens (including phenoxy) is 1. The number of benzene rings is 2. The van der Waals surface area contributed by atoms with Crippen molar-refractivity contribution >= 4 is 22.6 Å². The molecular weight excluding hydrogens is 469 g/mol. The molecule has 2 atom stereocenters. The molecule has 3 aromatic rings. The van der Waals surface area contributed by atoms with E-state index in [9.17, 15) is 4.79 Å². The van der Waals surface area contributed by atoms with Crippen LogP contribution in [0.15, 0.2) is 43.0 Å². The van der Waals surface area contributed by atoms with E-state index in [1.165, 1.54) is 23.3 Å². The van der Waals surface area contributed by atoms with E-state index in [0.717, 1.165) is 37.8 Å². The van der Waals surface area contributed by atoms with Crippen molar-refractivity contribution in [2.75, 3.05) is 38.6 Å². The molecule has 0 spiro atoms. The highest BCUT2D eigenvalue weighted by Crippen LogP contribution is 2.41. The number of hydrogen-bond acceptors (Lipinski definition) is 6. The van der Waals surface area contributed by atoms with E-state index in [1.54, 1.807) is 0 Å². The number of rotatable bonds is 9. The summed E-state index contributed by atoms with van der Waals surface area (Å²) in [5.74, 6) is 0.300. The third kappa shape index (κ3) is 5.30. The molecule has 5 rings (SSSR count). The zero-order chi connectivity index (χ0) is 25.9. The van der Waals surface area contributed by atoms with E-state index in [2.05, 4.69) is 52.1 Å². The second-order valence-corrected chi connectivity index (χ2v) is 10.0. The molecular formula is C29H34FN5O2. The van der Waals surface area contributed by atoms with Gasteiger partial charge >= 0.3 is 6.01 Å². The van der Waals surface area contributed by atoms with Crippen LogP contribution in [0, 0.1) is 5.82 Å². The van der Waals surface area contributed by atoms with Gasteiger partial charge in [0.2, 0.25) is 5.91 Å². The minimum absolute atomic E-state index is 0.251. The van der Waals surface area contributed by atoms with Crippen LogP contribution in [0.2, 0.25) is 0 Å². The van der Waals surface area contributed by atoms with Gasteiger partial charge in [-0.1, -0.05) is 31.7 Å². The maximum Gasteiger partial charge on any atom is 0.318 e. The van der Waals surface area contributed by atoms with Crippen molar-refractivity contribution in [3.8, 4) is 17.1 Å². The first-order valence-electron chi connectivity index (χ1n) is 13.0. The Morgan fingerprint density at radius 3 is 2.89 bits per heavy atom. The molecule has 1 aliphatic heterocycles. The topological polar surface area (TPSA) is 79.4 Å². The summed E-state index contributed by atoms with van der Waals surface area (Å²) >= 11 is 0. The lowest BCUT2D eigenvalue weighted by atomic mass is 9.91. The average molecular weight is 504 g/mol. The number of carbonyl (C=O) groups excluding carboxylic acids is 1. The van der Waals surface area contributed by atoms with Gasteiger partial charge in [-0.3, -0.25) is 4.79 Å². The monoisotopic (exact) mass is 503 g/mol. The number of anilines is 1. The van der Waals surface area contributed by atoms with Gasteiger partial charge in [-0.15, -0.1) is 0 Å². The summed E-state index contributed by atoms with van der Waals surface area (Å²) < 4.78 is 21.7. The molecule has 2 N–H and O–H groups in total. The molecule has 1 amide bonds. The summed E-state index contributed by atoms with van der Waals surface area (Å²) in [6.45, 7) is 7.99. The summed E-state index contributed by atoms with van der Waals surface area (Å²) in [6, 6.07) is 10.0. The molecule has 1 aromatic heterocycles. The summed E-state index contributed by atoms with van der Waals surface area (Å²) in [6.07, 6.45) is 5.55. The van der Waals surface area contributed by atoms with Crippen LogP contribution in [-0.4, -0.2) is 60.1 Å². The number of halogens is 1. The largest absolute Gasteiger partial charge is 0.462 e. The van der Waals surface area contributed by atoms with Crippen molar-refractivity contribution in [2.45, 2.75) is 44.6 Å². The molecule has 7 nitrogen and oxygen atoms in total. The van der Waals surface area contributed by atoms with Crippen LogP contribution < -0.4 is 15.4 Å². The highest BCUT2D eigenvalue weighted by Gasteiger charge is 2.25. The Morgan fingerprint density at radius 1 is 1.24 bits per heavy atom. The Hall–Kier alpha value is -3.52. The third-order valence-electron chi connectivity index (χ3n) is 7.57. The highest BCUT2D eigenvalue weighted by molar-refractivity contribution is 5.93. The molecule has 194 valence electrons. The molecule has 2 aromatic carbocycles. The molecule has 0 bridgehead atoms. The van der Waals surface area contributed by atoms with Crippen LogP contribution in [0.4, 0.5) is 10.2 Å². The number of amides is 1. The van der Waals surface area contributed by atoms with Gasteiger partial charge in [0.15, 0.2) is 0 Å². The van der Waals surface area contributed by atoms with Crippen molar-refractivity contribution in [1.29, 1.82) is 0 Å². The molecule has 2 heterocycles.